The molecule has 0 saturated carbocycles. The minimum Gasteiger partial charge on any atom is -0.497 e. The number of carbonyl (C=O) groups excluding carboxylic acids is 4. The summed E-state index contributed by atoms with van der Waals surface area (Å²) in [4.78, 5) is 50.2. The van der Waals surface area contributed by atoms with Crippen molar-refractivity contribution in [3.8, 4) is 5.75 Å². The Balaban J connectivity index is 1.82. The zero-order chi connectivity index (χ0) is 29.4. The van der Waals surface area contributed by atoms with E-state index < -0.39 is 33.9 Å². The second-order valence-corrected chi connectivity index (χ2v) is 10.7. The minimum absolute atomic E-state index is 0.0108. The van der Waals surface area contributed by atoms with Crippen LogP contribution in [0.3, 0.4) is 0 Å². The van der Waals surface area contributed by atoms with Crippen molar-refractivity contribution in [2.24, 2.45) is 0 Å². The molecule has 40 heavy (non-hydrogen) atoms. The number of hydrogen-bond acceptors (Lipinski definition) is 10. The van der Waals surface area contributed by atoms with E-state index in [1.54, 1.807) is 13.8 Å². The van der Waals surface area contributed by atoms with E-state index in [1.807, 2.05) is 0 Å². The minimum atomic E-state index is -3.89. The SMILES string of the molecule is CCOC(=O)NC(=O)c1c(NC(=O)c2ccc(NS(=O)(=O)c3ccc(OC)cc3)cc2)sc(C(=O)OCC)c1C. The van der Waals surface area contributed by atoms with Gasteiger partial charge in [-0.3, -0.25) is 19.6 Å². The van der Waals surface area contributed by atoms with Crippen LogP contribution in [0, 0.1) is 6.92 Å². The average Bonchev–Trinajstić information content (AvgIpc) is 3.24. The molecule has 3 rings (SSSR count). The van der Waals surface area contributed by atoms with Crippen LogP contribution >= 0.6 is 11.3 Å². The molecule has 2 aromatic carbocycles. The number of carbonyl (C=O) groups is 4. The number of benzene rings is 2. The predicted octanol–water partition coefficient (Wildman–Crippen LogP) is 4.18. The number of amides is 3. The van der Waals surface area contributed by atoms with Gasteiger partial charge in [-0.05, 0) is 74.9 Å². The highest BCUT2D eigenvalue weighted by Gasteiger charge is 2.28. The molecule has 3 aromatic rings. The molecule has 0 aliphatic carbocycles. The topological polar surface area (TPSA) is 166 Å². The Morgan fingerprint density at radius 2 is 1.50 bits per heavy atom. The largest absolute Gasteiger partial charge is 0.497 e. The van der Waals surface area contributed by atoms with Gasteiger partial charge in [0.05, 0.1) is 30.8 Å². The molecule has 14 heteroatoms. The van der Waals surface area contributed by atoms with Crippen molar-refractivity contribution >= 4 is 55.9 Å². The Kier molecular flexibility index (Phi) is 9.85. The van der Waals surface area contributed by atoms with Gasteiger partial charge in [-0.25, -0.2) is 18.0 Å². The lowest BCUT2D eigenvalue weighted by atomic mass is 10.1. The highest BCUT2D eigenvalue weighted by Crippen LogP contribution is 2.34. The van der Waals surface area contributed by atoms with E-state index in [4.69, 9.17) is 14.2 Å². The molecule has 0 aliphatic rings. The van der Waals surface area contributed by atoms with Gasteiger partial charge in [0, 0.05) is 11.3 Å². The molecular formula is C26H27N3O9S2. The van der Waals surface area contributed by atoms with Gasteiger partial charge in [0.15, 0.2) is 0 Å². The molecule has 3 N–H and O–H groups in total. The lowest BCUT2D eigenvalue weighted by Gasteiger charge is -2.10. The van der Waals surface area contributed by atoms with Crippen LogP contribution in [0.1, 0.15) is 49.8 Å². The van der Waals surface area contributed by atoms with Gasteiger partial charge in [-0.1, -0.05) is 0 Å². The second-order valence-electron chi connectivity index (χ2n) is 7.97. The van der Waals surface area contributed by atoms with E-state index in [9.17, 15) is 27.6 Å². The first-order valence-corrected chi connectivity index (χ1v) is 14.2. The fourth-order valence-corrected chi connectivity index (χ4v) is 5.57. The summed E-state index contributed by atoms with van der Waals surface area (Å²) < 4.78 is 42.6. The molecule has 0 bridgehead atoms. The molecule has 0 atom stereocenters. The number of alkyl carbamates (subject to hydrolysis) is 1. The quantitative estimate of drug-likeness (QED) is 0.294. The summed E-state index contributed by atoms with van der Waals surface area (Å²) in [6.07, 6.45) is -0.985. The van der Waals surface area contributed by atoms with Crippen LogP contribution in [0.2, 0.25) is 0 Å². The monoisotopic (exact) mass is 589 g/mol. The van der Waals surface area contributed by atoms with Crippen LogP contribution < -0.4 is 20.1 Å². The van der Waals surface area contributed by atoms with Gasteiger partial charge in [0.2, 0.25) is 0 Å². The normalized spacial score (nSPS) is 10.8. The molecule has 0 radical (unpaired) electrons. The van der Waals surface area contributed by atoms with Gasteiger partial charge < -0.3 is 19.5 Å². The summed E-state index contributed by atoms with van der Waals surface area (Å²) in [5.41, 5.74) is 0.452. The van der Waals surface area contributed by atoms with Crippen molar-refractivity contribution in [1.82, 2.24) is 5.32 Å². The third kappa shape index (κ3) is 7.15. The number of hydrogen-bond donors (Lipinski definition) is 3. The molecule has 0 fully saturated rings. The first-order chi connectivity index (χ1) is 19.0. The van der Waals surface area contributed by atoms with Crippen molar-refractivity contribution in [3.63, 3.8) is 0 Å². The summed E-state index contributed by atoms with van der Waals surface area (Å²) >= 11 is 0.817. The Labute approximate surface area is 234 Å². The number of anilines is 2. The van der Waals surface area contributed by atoms with Gasteiger partial charge in [0.25, 0.3) is 21.8 Å². The van der Waals surface area contributed by atoms with Crippen LogP contribution in [-0.4, -0.2) is 52.6 Å². The number of methoxy groups -OCH3 is 1. The molecule has 1 heterocycles. The highest BCUT2D eigenvalue weighted by atomic mass is 32.2. The Morgan fingerprint density at radius 1 is 0.875 bits per heavy atom. The smallest absolute Gasteiger partial charge is 0.414 e. The van der Waals surface area contributed by atoms with Gasteiger partial charge in [-0.15, -0.1) is 11.3 Å². The molecule has 212 valence electrons. The first kappa shape index (κ1) is 30.1. The number of imide groups is 1. The third-order valence-corrected chi connectivity index (χ3v) is 7.91. The van der Waals surface area contributed by atoms with Gasteiger partial charge >= 0.3 is 12.1 Å². The van der Waals surface area contributed by atoms with E-state index in [1.165, 1.54) is 62.6 Å². The Hall–Kier alpha value is -4.43. The van der Waals surface area contributed by atoms with E-state index >= 15 is 0 Å². The maximum Gasteiger partial charge on any atom is 0.414 e. The number of sulfonamides is 1. The molecule has 0 unspecified atom stereocenters. The zero-order valence-corrected chi connectivity index (χ0v) is 23.7. The number of rotatable bonds is 10. The van der Waals surface area contributed by atoms with Crippen molar-refractivity contribution < 1.29 is 41.8 Å². The van der Waals surface area contributed by atoms with Crippen molar-refractivity contribution in [1.29, 1.82) is 0 Å². The van der Waals surface area contributed by atoms with Crippen LogP contribution in [0.25, 0.3) is 0 Å². The zero-order valence-electron chi connectivity index (χ0n) is 22.0. The second kappa shape index (κ2) is 13.1. The average molecular weight is 590 g/mol. The fourth-order valence-electron chi connectivity index (χ4n) is 3.42. The van der Waals surface area contributed by atoms with Crippen LogP contribution in [0.5, 0.6) is 5.75 Å². The van der Waals surface area contributed by atoms with E-state index in [-0.39, 0.29) is 50.4 Å². The van der Waals surface area contributed by atoms with Crippen LogP contribution in [-0.2, 0) is 19.5 Å². The highest BCUT2D eigenvalue weighted by molar-refractivity contribution is 7.92. The molecular weight excluding hydrogens is 562 g/mol. The predicted molar refractivity (Wildman–Crippen MR) is 148 cm³/mol. The van der Waals surface area contributed by atoms with Crippen molar-refractivity contribution in [3.05, 3.63) is 70.1 Å². The lowest BCUT2D eigenvalue weighted by molar-refractivity contribution is 0.0531. The van der Waals surface area contributed by atoms with Gasteiger partial charge in [0.1, 0.15) is 15.6 Å². The number of ether oxygens (including phenoxy) is 3. The molecule has 0 spiro atoms. The molecule has 12 nitrogen and oxygen atoms in total. The Morgan fingerprint density at radius 3 is 2.08 bits per heavy atom. The number of thiophene rings is 1. The maximum absolute atomic E-state index is 13.0. The molecule has 3 amide bonds. The first-order valence-electron chi connectivity index (χ1n) is 11.9. The van der Waals surface area contributed by atoms with E-state index in [2.05, 4.69) is 15.4 Å². The summed E-state index contributed by atoms with van der Waals surface area (Å²) in [6.45, 7) is 4.81. The summed E-state index contributed by atoms with van der Waals surface area (Å²) in [5, 5.41) is 4.65. The number of nitrogens with one attached hydrogen (secondary N) is 3. The summed E-state index contributed by atoms with van der Waals surface area (Å²) in [7, 11) is -2.43. The fraction of sp³-hybridized carbons (Fsp3) is 0.231. The number of esters is 1. The third-order valence-electron chi connectivity index (χ3n) is 5.32. The summed E-state index contributed by atoms with van der Waals surface area (Å²) in [5.74, 6) is -1.71. The maximum atomic E-state index is 13.0. The van der Waals surface area contributed by atoms with Crippen LogP contribution in [0.15, 0.2) is 53.4 Å². The van der Waals surface area contributed by atoms with Crippen molar-refractivity contribution in [2.75, 3.05) is 30.4 Å². The molecule has 0 aliphatic heterocycles. The van der Waals surface area contributed by atoms with E-state index in [0.29, 0.717) is 5.75 Å². The van der Waals surface area contributed by atoms with Gasteiger partial charge in [-0.2, -0.15) is 0 Å². The molecule has 0 saturated heterocycles. The lowest BCUT2D eigenvalue weighted by Crippen LogP contribution is -2.32. The standard InChI is InChI=1S/C26H27N3O9S2/c1-5-37-25(32)21-15(3)20(23(31)28-26(33)38-6-2)24(39-21)27-22(30)16-7-9-17(10-8-16)29-40(34,35)19-13-11-18(36-4)12-14-19/h7-14,29H,5-6H2,1-4H3,(H,27,30)(H,28,31,33). The molecule has 1 aromatic heterocycles. The summed E-state index contributed by atoms with van der Waals surface area (Å²) in [6, 6.07) is 11.4. The van der Waals surface area contributed by atoms with Crippen LogP contribution in [0.4, 0.5) is 15.5 Å². The van der Waals surface area contributed by atoms with Crippen molar-refractivity contribution in [2.45, 2.75) is 25.7 Å². The Bertz CT molecular complexity index is 1510. The van der Waals surface area contributed by atoms with E-state index in [0.717, 1.165) is 11.3 Å².